The number of aromatic nitrogens is 2. The average molecular weight is 339 g/mol. The number of piperidine rings is 1. The molecule has 0 radical (unpaired) electrons. The predicted molar refractivity (Wildman–Crippen MR) is 88.9 cm³/mol. The van der Waals surface area contributed by atoms with Crippen molar-refractivity contribution in [3.8, 4) is 0 Å². The van der Waals surface area contributed by atoms with E-state index < -0.39 is 5.60 Å². The molecule has 7 heteroatoms. The van der Waals surface area contributed by atoms with Gasteiger partial charge in [-0.1, -0.05) is 11.6 Å². The van der Waals surface area contributed by atoms with Crippen molar-refractivity contribution < 1.29 is 9.53 Å². The molecule has 1 amide bonds. The molecule has 0 aromatic carbocycles. The Kier molecular flexibility index (Phi) is 4.36. The Morgan fingerprint density at radius 2 is 1.96 bits per heavy atom. The summed E-state index contributed by atoms with van der Waals surface area (Å²) in [5.41, 5.74) is 0.596. The first kappa shape index (κ1) is 16.3. The number of anilines is 1. The average Bonchev–Trinajstić information content (AvgIpc) is 2.91. The quantitative estimate of drug-likeness (QED) is 0.737. The molecule has 0 unspecified atom stereocenters. The van der Waals surface area contributed by atoms with E-state index in [4.69, 9.17) is 16.3 Å². The third-order valence-corrected chi connectivity index (χ3v) is 4.63. The summed E-state index contributed by atoms with van der Waals surface area (Å²) in [4.78, 5) is 24.7. The molecule has 1 aromatic heterocycles. The number of hydrogen-bond donors (Lipinski definition) is 0. The van der Waals surface area contributed by atoms with Crippen molar-refractivity contribution in [2.24, 2.45) is 0 Å². The highest BCUT2D eigenvalue weighted by Gasteiger charge is 2.33. The summed E-state index contributed by atoms with van der Waals surface area (Å²) in [5.74, 6) is 0.959. The van der Waals surface area contributed by atoms with Crippen LogP contribution in [-0.2, 0) is 11.2 Å². The van der Waals surface area contributed by atoms with Crippen molar-refractivity contribution in [1.82, 2.24) is 14.9 Å². The SMILES string of the molecule is CC(C)(C)OC(=O)N1CCC(N2CCc3c(Cl)ncnc32)CC1. The van der Waals surface area contributed by atoms with Gasteiger partial charge in [0.05, 0.1) is 0 Å². The molecule has 1 aromatic rings. The summed E-state index contributed by atoms with van der Waals surface area (Å²) in [6.07, 6.45) is 4.03. The lowest BCUT2D eigenvalue weighted by molar-refractivity contribution is 0.0205. The van der Waals surface area contributed by atoms with E-state index in [1.165, 1.54) is 6.33 Å². The van der Waals surface area contributed by atoms with Crippen LogP contribution in [0.5, 0.6) is 0 Å². The zero-order valence-electron chi connectivity index (χ0n) is 13.9. The smallest absolute Gasteiger partial charge is 0.410 e. The Balaban J connectivity index is 1.61. The summed E-state index contributed by atoms with van der Waals surface area (Å²) in [6.45, 7) is 8.02. The number of likely N-dealkylation sites (tertiary alicyclic amines) is 1. The number of carbonyl (C=O) groups excluding carboxylic acids is 1. The Labute approximate surface area is 141 Å². The van der Waals surface area contributed by atoms with Gasteiger partial charge in [-0.25, -0.2) is 14.8 Å². The molecule has 23 heavy (non-hydrogen) atoms. The number of nitrogens with zero attached hydrogens (tertiary/aromatic N) is 4. The van der Waals surface area contributed by atoms with Crippen molar-refractivity contribution >= 4 is 23.5 Å². The summed E-state index contributed by atoms with van der Waals surface area (Å²) in [5, 5.41) is 0.559. The van der Waals surface area contributed by atoms with Crippen molar-refractivity contribution in [3.63, 3.8) is 0 Å². The van der Waals surface area contributed by atoms with Crippen LogP contribution in [0.1, 0.15) is 39.2 Å². The van der Waals surface area contributed by atoms with E-state index in [0.717, 1.165) is 37.2 Å². The number of halogens is 1. The number of fused-ring (bicyclic) bond motifs is 1. The van der Waals surface area contributed by atoms with E-state index in [0.29, 0.717) is 24.3 Å². The fourth-order valence-electron chi connectivity index (χ4n) is 3.23. The van der Waals surface area contributed by atoms with Gasteiger partial charge in [0.15, 0.2) is 0 Å². The van der Waals surface area contributed by atoms with Crippen LogP contribution in [0.4, 0.5) is 10.6 Å². The second kappa shape index (κ2) is 6.15. The number of rotatable bonds is 1. The molecule has 1 fully saturated rings. The van der Waals surface area contributed by atoms with E-state index in [-0.39, 0.29) is 6.09 Å². The van der Waals surface area contributed by atoms with Crippen LogP contribution in [0.2, 0.25) is 5.15 Å². The lowest BCUT2D eigenvalue weighted by Gasteiger charge is -2.37. The van der Waals surface area contributed by atoms with Gasteiger partial charge in [-0.15, -0.1) is 0 Å². The number of amides is 1. The molecule has 0 spiro atoms. The highest BCUT2D eigenvalue weighted by molar-refractivity contribution is 6.30. The molecule has 0 atom stereocenters. The summed E-state index contributed by atoms with van der Waals surface area (Å²) < 4.78 is 5.45. The third kappa shape index (κ3) is 3.52. The zero-order chi connectivity index (χ0) is 16.6. The van der Waals surface area contributed by atoms with Gasteiger partial charge in [0, 0.05) is 31.2 Å². The lowest BCUT2D eigenvalue weighted by Crippen LogP contribution is -2.47. The second-order valence-corrected chi connectivity index (χ2v) is 7.47. The van der Waals surface area contributed by atoms with Gasteiger partial charge < -0.3 is 14.5 Å². The maximum atomic E-state index is 12.1. The highest BCUT2D eigenvalue weighted by atomic mass is 35.5. The van der Waals surface area contributed by atoms with E-state index in [1.54, 1.807) is 4.90 Å². The molecule has 2 aliphatic heterocycles. The number of hydrogen-bond acceptors (Lipinski definition) is 5. The molecule has 0 bridgehead atoms. The van der Waals surface area contributed by atoms with Crippen LogP contribution < -0.4 is 4.90 Å². The van der Waals surface area contributed by atoms with Gasteiger partial charge in [-0.2, -0.15) is 0 Å². The molecule has 0 saturated carbocycles. The van der Waals surface area contributed by atoms with Crippen LogP contribution in [-0.4, -0.2) is 52.2 Å². The fraction of sp³-hybridized carbons (Fsp3) is 0.688. The molecule has 2 aliphatic rings. The Morgan fingerprint density at radius 1 is 1.26 bits per heavy atom. The number of carbonyl (C=O) groups is 1. The number of ether oxygens (including phenoxy) is 1. The van der Waals surface area contributed by atoms with Crippen molar-refractivity contribution in [2.75, 3.05) is 24.5 Å². The summed E-state index contributed by atoms with van der Waals surface area (Å²) >= 11 is 6.15. The Hall–Kier alpha value is -1.56. The Bertz CT molecular complexity index is 594. The molecule has 1 saturated heterocycles. The minimum absolute atomic E-state index is 0.219. The molecular formula is C16H23ClN4O2. The standard InChI is InChI=1S/C16H23ClN4O2/c1-16(2,3)23-15(22)20-7-4-11(5-8-20)21-9-6-12-13(17)18-10-19-14(12)21/h10-11H,4-9H2,1-3H3. The topological polar surface area (TPSA) is 58.6 Å². The summed E-state index contributed by atoms with van der Waals surface area (Å²) in [7, 11) is 0. The largest absolute Gasteiger partial charge is 0.444 e. The molecule has 0 aliphatic carbocycles. The molecule has 3 rings (SSSR count). The van der Waals surface area contributed by atoms with Gasteiger partial charge in [0.25, 0.3) is 0 Å². The highest BCUT2D eigenvalue weighted by Crippen LogP contribution is 2.33. The van der Waals surface area contributed by atoms with E-state index in [1.807, 2.05) is 20.8 Å². The third-order valence-electron chi connectivity index (χ3n) is 4.30. The maximum Gasteiger partial charge on any atom is 0.410 e. The van der Waals surface area contributed by atoms with Crippen molar-refractivity contribution in [1.29, 1.82) is 0 Å². The minimum atomic E-state index is -0.449. The molecule has 3 heterocycles. The van der Waals surface area contributed by atoms with Gasteiger partial charge in [0.1, 0.15) is 22.9 Å². The van der Waals surface area contributed by atoms with Gasteiger partial charge in [0.2, 0.25) is 0 Å². The first-order valence-corrected chi connectivity index (χ1v) is 8.47. The Morgan fingerprint density at radius 3 is 2.61 bits per heavy atom. The normalized spacial score (nSPS) is 19.0. The van der Waals surface area contributed by atoms with Crippen molar-refractivity contribution in [2.45, 2.75) is 51.7 Å². The van der Waals surface area contributed by atoms with Gasteiger partial charge >= 0.3 is 6.09 Å². The molecule has 0 N–H and O–H groups in total. The zero-order valence-corrected chi connectivity index (χ0v) is 14.6. The first-order chi connectivity index (χ1) is 10.8. The van der Waals surface area contributed by atoms with Gasteiger partial charge in [-0.3, -0.25) is 0 Å². The first-order valence-electron chi connectivity index (χ1n) is 8.09. The monoisotopic (exact) mass is 338 g/mol. The maximum absolute atomic E-state index is 12.1. The van der Waals surface area contributed by atoms with E-state index >= 15 is 0 Å². The minimum Gasteiger partial charge on any atom is -0.444 e. The van der Waals surface area contributed by atoms with Crippen LogP contribution >= 0.6 is 11.6 Å². The molecular weight excluding hydrogens is 316 g/mol. The molecule has 6 nitrogen and oxygen atoms in total. The lowest BCUT2D eigenvalue weighted by atomic mass is 10.0. The predicted octanol–water partition coefficient (Wildman–Crippen LogP) is 2.89. The van der Waals surface area contributed by atoms with E-state index in [9.17, 15) is 4.79 Å². The van der Waals surface area contributed by atoms with Crippen LogP contribution in [0.15, 0.2) is 6.33 Å². The summed E-state index contributed by atoms with van der Waals surface area (Å²) in [6, 6.07) is 0.390. The molecule has 126 valence electrons. The van der Waals surface area contributed by atoms with Crippen LogP contribution in [0, 0.1) is 0 Å². The second-order valence-electron chi connectivity index (χ2n) is 7.11. The van der Waals surface area contributed by atoms with Crippen molar-refractivity contribution in [3.05, 3.63) is 17.0 Å². The van der Waals surface area contributed by atoms with Crippen LogP contribution in [0.3, 0.4) is 0 Å². The van der Waals surface area contributed by atoms with Gasteiger partial charge in [-0.05, 0) is 40.0 Å². The van der Waals surface area contributed by atoms with Crippen LogP contribution in [0.25, 0.3) is 0 Å². The van der Waals surface area contributed by atoms with E-state index in [2.05, 4.69) is 14.9 Å². The fourth-order valence-corrected chi connectivity index (χ4v) is 3.45.